The Kier molecular flexibility index (Phi) is 7.56. The van der Waals surface area contributed by atoms with E-state index in [4.69, 9.17) is 9.47 Å². The van der Waals surface area contributed by atoms with E-state index in [2.05, 4.69) is 4.72 Å². The molecule has 0 saturated carbocycles. The molecule has 1 N–H and O–H groups in total. The summed E-state index contributed by atoms with van der Waals surface area (Å²) < 4.78 is 39.2. The first kappa shape index (κ1) is 23.1. The lowest BCUT2D eigenvalue weighted by Crippen LogP contribution is -2.43. The van der Waals surface area contributed by atoms with Crippen LogP contribution in [0.3, 0.4) is 0 Å². The van der Waals surface area contributed by atoms with Gasteiger partial charge in [-0.05, 0) is 68.0 Å². The molecule has 0 aromatic heterocycles. The van der Waals surface area contributed by atoms with Crippen LogP contribution in [0.4, 0.5) is 0 Å². The fourth-order valence-corrected chi connectivity index (χ4v) is 4.93. The number of hydrogen-bond acceptors (Lipinski definition) is 5. The smallest absolute Gasteiger partial charge is 0.260 e. The maximum atomic E-state index is 12.8. The fourth-order valence-electron chi connectivity index (χ4n) is 3.58. The number of sulfonamides is 1. The average molecular weight is 447 g/mol. The Morgan fingerprint density at radius 1 is 1.10 bits per heavy atom. The summed E-state index contributed by atoms with van der Waals surface area (Å²) in [5.74, 6) is 1.13. The molecule has 1 amide bonds. The topological polar surface area (TPSA) is 84.9 Å². The number of carbonyl (C=O) groups is 1. The highest BCUT2D eigenvalue weighted by Crippen LogP contribution is 2.27. The molecule has 0 radical (unpaired) electrons. The van der Waals surface area contributed by atoms with Gasteiger partial charge in [0, 0.05) is 19.6 Å². The number of rotatable bonds is 8. The zero-order chi connectivity index (χ0) is 22.4. The Balaban J connectivity index is 1.50. The molecule has 0 spiro atoms. The van der Waals surface area contributed by atoms with E-state index in [9.17, 15) is 13.2 Å². The molecule has 168 valence electrons. The van der Waals surface area contributed by atoms with Crippen LogP contribution >= 0.6 is 0 Å². The van der Waals surface area contributed by atoms with Crippen LogP contribution in [0.1, 0.15) is 24.0 Å². The van der Waals surface area contributed by atoms with Gasteiger partial charge in [-0.15, -0.1) is 0 Å². The molecule has 31 heavy (non-hydrogen) atoms. The van der Waals surface area contributed by atoms with E-state index in [0.717, 1.165) is 24.0 Å². The van der Waals surface area contributed by atoms with E-state index in [-0.39, 0.29) is 23.3 Å². The van der Waals surface area contributed by atoms with Crippen LogP contribution in [-0.2, 0) is 14.8 Å². The molecule has 1 heterocycles. The van der Waals surface area contributed by atoms with Crippen molar-refractivity contribution in [3.63, 3.8) is 0 Å². The third-order valence-electron chi connectivity index (χ3n) is 5.70. The van der Waals surface area contributed by atoms with Crippen molar-refractivity contribution in [2.75, 3.05) is 33.4 Å². The number of piperidine rings is 1. The summed E-state index contributed by atoms with van der Waals surface area (Å²) in [6.45, 7) is 5.32. The van der Waals surface area contributed by atoms with Crippen molar-refractivity contribution in [3.05, 3.63) is 53.6 Å². The van der Waals surface area contributed by atoms with Crippen molar-refractivity contribution in [2.45, 2.75) is 31.6 Å². The van der Waals surface area contributed by atoms with Gasteiger partial charge in [-0.25, -0.2) is 13.1 Å². The molecule has 1 aliphatic rings. The second-order valence-electron chi connectivity index (χ2n) is 7.87. The molecule has 1 aliphatic heterocycles. The SMILES string of the molecule is COc1cc(C)c(C)cc1S(=O)(=O)NCC1CCN(C(=O)COc2ccccc2)CC1. The zero-order valence-electron chi connectivity index (χ0n) is 18.3. The Hall–Kier alpha value is -2.58. The monoisotopic (exact) mass is 446 g/mol. The van der Waals surface area contributed by atoms with Crippen molar-refractivity contribution in [3.8, 4) is 11.5 Å². The normalized spacial score (nSPS) is 15.0. The first-order valence-electron chi connectivity index (χ1n) is 10.4. The number of carbonyl (C=O) groups excluding carboxylic acids is 1. The fraction of sp³-hybridized carbons (Fsp3) is 0.435. The van der Waals surface area contributed by atoms with Crippen LogP contribution < -0.4 is 14.2 Å². The number of para-hydroxylation sites is 1. The zero-order valence-corrected chi connectivity index (χ0v) is 19.1. The molecule has 7 nitrogen and oxygen atoms in total. The summed E-state index contributed by atoms with van der Waals surface area (Å²) in [5, 5.41) is 0. The summed E-state index contributed by atoms with van der Waals surface area (Å²) in [6.07, 6.45) is 1.48. The molecule has 0 unspecified atom stereocenters. The van der Waals surface area contributed by atoms with Crippen molar-refractivity contribution in [1.29, 1.82) is 0 Å². The Morgan fingerprint density at radius 3 is 2.39 bits per heavy atom. The second-order valence-corrected chi connectivity index (χ2v) is 9.60. The van der Waals surface area contributed by atoms with Crippen LogP contribution in [0.2, 0.25) is 0 Å². The van der Waals surface area contributed by atoms with E-state index < -0.39 is 10.0 Å². The Labute approximate surface area is 184 Å². The minimum atomic E-state index is -3.69. The number of aryl methyl sites for hydroxylation is 2. The van der Waals surface area contributed by atoms with Gasteiger partial charge in [-0.1, -0.05) is 18.2 Å². The molecule has 2 aromatic rings. The number of hydrogen-bond donors (Lipinski definition) is 1. The maximum Gasteiger partial charge on any atom is 0.260 e. The highest BCUT2D eigenvalue weighted by atomic mass is 32.2. The van der Waals surface area contributed by atoms with Gasteiger partial charge in [0.25, 0.3) is 5.91 Å². The van der Waals surface area contributed by atoms with Crippen molar-refractivity contribution in [1.82, 2.24) is 9.62 Å². The second kappa shape index (κ2) is 10.2. The third kappa shape index (κ3) is 5.98. The molecule has 3 rings (SSSR count). The van der Waals surface area contributed by atoms with E-state index >= 15 is 0 Å². The van der Waals surface area contributed by atoms with Crippen molar-refractivity contribution >= 4 is 15.9 Å². The van der Waals surface area contributed by atoms with Gasteiger partial charge in [0.05, 0.1) is 7.11 Å². The lowest BCUT2D eigenvalue weighted by Gasteiger charge is -2.32. The third-order valence-corrected chi connectivity index (χ3v) is 7.15. The van der Waals surface area contributed by atoms with Gasteiger partial charge < -0.3 is 14.4 Å². The number of nitrogens with one attached hydrogen (secondary N) is 1. The van der Waals surface area contributed by atoms with Crippen LogP contribution in [0.5, 0.6) is 11.5 Å². The van der Waals surface area contributed by atoms with E-state index in [1.807, 2.05) is 44.2 Å². The highest BCUT2D eigenvalue weighted by Gasteiger charge is 2.26. The summed E-state index contributed by atoms with van der Waals surface area (Å²) in [7, 11) is -2.22. The lowest BCUT2D eigenvalue weighted by molar-refractivity contribution is -0.134. The summed E-state index contributed by atoms with van der Waals surface area (Å²) in [4.78, 5) is 14.3. The predicted molar refractivity (Wildman–Crippen MR) is 119 cm³/mol. The van der Waals surface area contributed by atoms with Crippen LogP contribution in [0, 0.1) is 19.8 Å². The van der Waals surface area contributed by atoms with Gasteiger partial charge in [-0.2, -0.15) is 0 Å². The minimum absolute atomic E-state index is 0.00782. The van der Waals surface area contributed by atoms with E-state index in [1.54, 1.807) is 17.0 Å². The number of methoxy groups -OCH3 is 1. The molecule has 0 aliphatic carbocycles. The number of benzene rings is 2. The number of likely N-dealkylation sites (tertiary alicyclic amines) is 1. The van der Waals surface area contributed by atoms with Gasteiger partial charge in [0.2, 0.25) is 10.0 Å². The van der Waals surface area contributed by atoms with Gasteiger partial charge in [0.15, 0.2) is 6.61 Å². The minimum Gasteiger partial charge on any atom is -0.495 e. The summed E-state index contributed by atoms with van der Waals surface area (Å²) in [6, 6.07) is 12.6. The predicted octanol–water partition coefficient (Wildman–Crippen LogP) is 2.91. The molecule has 1 saturated heterocycles. The van der Waals surface area contributed by atoms with Crippen LogP contribution in [0.25, 0.3) is 0 Å². The largest absolute Gasteiger partial charge is 0.495 e. The van der Waals surface area contributed by atoms with E-state index in [0.29, 0.717) is 31.1 Å². The molecular weight excluding hydrogens is 416 g/mol. The van der Waals surface area contributed by atoms with Gasteiger partial charge in [-0.3, -0.25) is 4.79 Å². The number of ether oxygens (including phenoxy) is 2. The van der Waals surface area contributed by atoms with Crippen LogP contribution in [0.15, 0.2) is 47.4 Å². The maximum absolute atomic E-state index is 12.8. The Bertz CT molecular complexity index is 1000. The van der Waals surface area contributed by atoms with Crippen LogP contribution in [-0.4, -0.2) is 52.6 Å². The number of nitrogens with zero attached hydrogens (tertiary/aromatic N) is 1. The first-order chi connectivity index (χ1) is 14.8. The summed E-state index contributed by atoms with van der Waals surface area (Å²) >= 11 is 0. The molecule has 0 atom stereocenters. The number of amides is 1. The molecule has 0 bridgehead atoms. The first-order valence-corrected chi connectivity index (χ1v) is 11.9. The van der Waals surface area contributed by atoms with Gasteiger partial charge in [0.1, 0.15) is 16.4 Å². The standard InChI is InChI=1S/C23H30N2O5S/c1-17-13-21(29-3)22(14-18(17)2)31(27,28)24-15-19-9-11-25(12-10-19)23(26)16-30-20-7-5-4-6-8-20/h4-8,13-14,19,24H,9-12,15-16H2,1-3H3. The molecule has 8 heteroatoms. The Morgan fingerprint density at radius 2 is 1.74 bits per heavy atom. The van der Waals surface area contributed by atoms with Gasteiger partial charge >= 0.3 is 0 Å². The quantitative estimate of drug-likeness (QED) is 0.674. The molecular formula is C23H30N2O5S. The summed E-state index contributed by atoms with van der Waals surface area (Å²) in [5.41, 5.74) is 1.87. The lowest BCUT2D eigenvalue weighted by atomic mass is 9.97. The van der Waals surface area contributed by atoms with Crippen molar-refractivity contribution in [2.24, 2.45) is 5.92 Å². The van der Waals surface area contributed by atoms with E-state index in [1.165, 1.54) is 7.11 Å². The average Bonchev–Trinajstić information content (AvgIpc) is 2.78. The molecule has 1 fully saturated rings. The molecule has 2 aromatic carbocycles. The van der Waals surface area contributed by atoms with Crippen molar-refractivity contribution < 1.29 is 22.7 Å². The highest BCUT2D eigenvalue weighted by molar-refractivity contribution is 7.89.